The van der Waals surface area contributed by atoms with E-state index in [0.29, 0.717) is 5.92 Å². The zero-order chi connectivity index (χ0) is 15.0. The molecule has 114 valence electrons. The van der Waals surface area contributed by atoms with Gasteiger partial charge in [0.1, 0.15) is 0 Å². The minimum absolute atomic E-state index is 0.119. The molecule has 3 heteroatoms. The third-order valence-corrected chi connectivity index (χ3v) is 4.44. The summed E-state index contributed by atoms with van der Waals surface area (Å²) in [5.74, 6) is 0.624. The standard InChI is InChI=1S/C17H27IO2/c1-5-15(11-14(4)12-18)9-10-16-7-6-8-17(20-16)19-13(2)3/h6,8-11,13-14,16-17H,5,7,12H2,1-4H3/b10-9+,15-11-/t14-,16+,17+/m0/s1. The van der Waals surface area contributed by atoms with Crippen LogP contribution in [0.15, 0.2) is 36.0 Å². The van der Waals surface area contributed by atoms with Crippen LogP contribution in [0.25, 0.3) is 0 Å². The third-order valence-electron chi connectivity index (χ3n) is 3.05. The zero-order valence-electron chi connectivity index (χ0n) is 13.0. The van der Waals surface area contributed by atoms with E-state index < -0.39 is 0 Å². The van der Waals surface area contributed by atoms with Gasteiger partial charge in [-0.3, -0.25) is 0 Å². The van der Waals surface area contributed by atoms with Gasteiger partial charge in [0.15, 0.2) is 6.29 Å². The Labute approximate surface area is 137 Å². The summed E-state index contributed by atoms with van der Waals surface area (Å²) in [6.45, 7) is 8.50. The molecule has 0 radical (unpaired) electrons. The largest absolute Gasteiger partial charge is 0.346 e. The Morgan fingerprint density at radius 2 is 2.20 bits per heavy atom. The Hall–Kier alpha value is -0.130. The summed E-state index contributed by atoms with van der Waals surface area (Å²) in [7, 11) is 0. The van der Waals surface area contributed by atoms with Crippen LogP contribution in [0, 0.1) is 5.92 Å². The van der Waals surface area contributed by atoms with E-state index in [9.17, 15) is 0 Å². The van der Waals surface area contributed by atoms with Crippen molar-refractivity contribution in [2.24, 2.45) is 5.92 Å². The predicted molar refractivity (Wildman–Crippen MR) is 94.2 cm³/mol. The number of hydrogen-bond acceptors (Lipinski definition) is 2. The highest BCUT2D eigenvalue weighted by Crippen LogP contribution is 2.18. The lowest BCUT2D eigenvalue weighted by molar-refractivity contribution is -0.154. The van der Waals surface area contributed by atoms with Gasteiger partial charge in [0, 0.05) is 4.43 Å². The molecule has 0 aromatic rings. The van der Waals surface area contributed by atoms with E-state index >= 15 is 0 Å². The molecule has 0 aliphatic carbocycles. The van der Waals surface area contributed by atoms with Crippen LogP contribution in [-0.2, 0) is 9.47 Å². The van der Waals surface area contributed by atoms with Crippen LogP contribution in [-0.4, -0.2) is 22.9 Å². The maximum absolute atomic E-state index is 5.90. The number of allylic oxidation sites excluding steroid dienone is 3. The summed E-state index contributed by atoms with van der Waals surface area (Å²) in [6, 6.07) is 0. The molecule has 0 aromatic heterocycles. The minimum atomic E-state index is -0.208. The van der Waals surface area contributed by atoms with Crippen molar-refractivity contribution in [3.63, 3.8) is 0 Å². The molecular formula is C17H27IO2. The summed E-state index contributed by atoms with van der Waals surface area (Å²) in [4.78, 5) is 0. The average Bonchev–Trinajstić information content (AvgIpc) is 2.42. The normalized spacial score (nSPS) is 25.6. The molecule has 0 spiro atoms. The molecule has 1 heterocycles. The van der Waals surface area contributed by atoms with Crippen LogP contribution < -0.4 is 0 Å². The summed E-state index contributed by atoms with van der Waals surface area (Å²) >= 11 is 2.43. The molecule has 1 aliphatic rings. The lowest BCUT2D eigenvalue weighted by atomic mass is 10.1. The van der Waals surface area contributed by atoms with Crippen molar-refractivity contribution in [1.82, 2.24) is 0 Å². The fourth-order valence-electron chi connectivity index (χ4n) is 2.00. The molecule has 0 N–H and O–H groups in total. The predicted octanol–water partition coefficient (Wildman–Crippen LogP) is 5.05. The molecule has 3 atom stereocenters. The highest BCUT2D eigenvalue weighted by atomic mass is 127. The Kier molecular flexibility index (Phi) is 8.73. The second-order valence-corrected chi connectivity index (χ2v) is 6.36. The van der Waals surface area contributed by atoms with Gasteiger partial charge in [0.2, 0.25) is 0 Å². The van der Waals surface area contributed by atoms with Crippen LogP contribution in [0.1, 0.15) is 40.5 Å². The first-order valence-corrected chi connectivity index (χ1v) is 9.00. The second kappa shape index (κ2) is 9.74. The second-order valence-electron chi connectivity index (χ2n) is 5.48. The highest BCUT2D eigenvalue weighted by Gasteiger charge is 2.17. The molecule has 1 aliphatic heterocycles. The number of hydrogen-bond donors (Lipinski definition) is 0. The first-order chi connectivity index (χ1) is 9.55. The fourth-order valence-corrected chi connectivity index (χ4v) is 2.25. The van der Waals surface area contributed by atoms with Crippen molar-refractivity contribution >= 4 is 22.6 Å². The van der Waals surface area contributed by atoms with Crippen molar-refractivity contribution in [2.45, 2.75) is 59.0 Å². The summed E-state index contributed by atoms with van der Waals surface area (Å²) < 4.78 is 12.7. The van der Waals surface area contributed by atoms with E-state index in [0.717, 1.165) is 17.3 Å². The molecule has 0 bridgehead atoms. The van der Waals surface area contributed by atoms with E-state index in [4.69, 9.17) is 9.47 Å². The fraction of sp³-hybridized carbons (Fsp3) is 0.647. The summed E-state index contributed by atoms with van der Waals surface area (Å²) in [6.07, 6.45) is 12.9. The summed E-state index contributed by atoms with van der Waals surface area (Å²) in [5, 5.41) is 0. The van der Waals surface area contributed by atoms with Gasteiger partial charge >= 0.3 is 0 Å². The smallest absolute Gasteiger partial charge is 0.177 e. The number of alkyl halides is 1. The quantitative estimate of drug-likeness (QED) is 0.262. The Morgan fingerprint density at radius 3 is 2.80 bits per heavy atom. The van der Waals surface area contributed by atoms with Crippen molar-refractivity contribution in [2.75, 3.05) is 4.43 Å². The maximum Gasteiger partial charge on any atom is 0.177 e. The van der Waals surface area contributed by atoms with Crippen molar-refractivity contribution in [3.8, 4) is 0 Å². The lowest BCUT2D eigenvalue weighted by Gasteiger charge is -2.25. The van der Waals surface area contributed by atoms with Crippen molar-refractivity contribution in [1.29, 1.82) is 0 Å². The first kappa shape index (κ1) is 17.9. The van der Waals surface area contributed by atoms with Crippen LogP contribution in [0.2, 0.25) is 0 Å². The van der Waals surface area contributed by atoms with Crippen LogP contribution in [0.3, 0.4) is 0 Å². The van der Waals surface area contributed by atoms with E-state index in [1.54, 1.807) is 0 Å². The van der Waals surface area contributed by atoms with Crippen molar-refractivity contribution < 1.29 is 9.47 Å². The van der Waals surface area contributed by atoms with Gasteiger partial charge in [0.05, 0.1) is 12.2 Å². The van der Waals surface area contributed by atoms with Gasteiger partial charge < -0.3 is 9.47 Å². The van der Waals surface area contributed by atoms with Crippen LogP contribution >= 0.6 is 22.6 Å². The summed E-state index contributed by atoms with van der Waals surface area (Å²) in [5.41, 5.74) is 1.38. The molecule has 0 amide bonds. The molecule has 1 rings (SSSR count). The molecule has 0 saturated heterocycles. The number of rotatable bonds is 7. The maximum atomic E-state index is 5.90. The Morgan fingerprint density at radius 1 is 1.45 bits per heavy atom. The van der Waals surface area contributed by atoms with Gasteiger partial charge in [-0.25, -0.2) is 0 Å². The van der Waals surface area contributed by atoms with E-state index in [2.05, 4.69) is 60.7 Å². The van der Waals surface area contributed by atoms with Gasteiger partial charge in [-0.05, 0) is 38.7 Å². The van der Waals surface area contributed by atoms with E-state index in [-0.39, 0.29) is 18.5 Å². The van der Waals surface area contributed by atoms with Gasteiger partial charge in [-0.15, -0.1) is 0 Å². The topological polar surface area (TPSA) is 18.5 Å². The van der Waals surface area contributed by atoms with Crippen LogP contribution in [0.5, 0.6) is 0 Å². The van der Waals surface area contributed by atoms with Gasteiger partial charge in [-0.2, -0.15) is 0 Å². The molecule has 0 unspecified atom stereocenters. The van der Waals surface area contributed by atoms with Crippen molar-refractivity contribution in [3.05, 3.63) is 36.0 Å². The molecule has 2 nitrogen and oxygen atoms in total. The van der Waals surface area contributed by atoms with E-state index in [1.165, 1.54) is 5.57 Å². The van der Waals surface area contributed by atoms with Crippen LogP contribution in [0.4, 0.5) is 0 Å². The SMILES string of the molecule is CCC(=C/[C@H](C)CI)/C=C/[C@H]1CC=C[C@H](OC(C)C)O1. The zero-order valence-corrected chi connectivity index (χ0v) is 15.2. The minimum Gasteiger partial charge on any atom is -0.346 e. The molecule has 0 saturated carbocycles. The van der Waals surface area contributed by atoms with Gasteiger partial charge in [0.25, 0.3) is 0 Å². The highest BCUT2D eigenvalue weighted by molar-refractivity contribution is 14.1. The molecular weight excluding hydrogens is 363 g/mol. The number of halogens is 1. The Bertz CT molecular complexity index is 358. The molecule has 0 fully saturated rings. The molecule has 0 aromatic carbocycles. The lowest BCUT2D eigenvalue weighted by Crippen LogP contribution is -2.27. The monoisotopic (exact) mass is 390 g/mol. The first-order valence-electron chi connectivity index (χ1n) is 7.47. The molecule has 20 heavy (non-hydrogen) atoms. The van der Waals surface area contributed by atoms with E-state index in [1.807, 2.05) is 19.9 Å². The van der Waals surface area contributed by atoms with Gasteiger partial charge in [-0.1, -0.05) is 66.3 Å². The third kappa shape index (κ3) is 7.04. The number of ether oxygens (including phenoxy) is 2. The average molecular weight is 390 g/mol. The Balaban J connectivity index is 2.56.